The van der Waals surface area contributed by atoms with E-state index in [4.69, 9.17) is 5.11 Å². The second-order valence-electron chi connectivity index (χ2n) is 4.59. The standard InChI is InChI=1S/C14H16N4O3/c1-17-8-7-15-12(17)9-18(2)14(21)16-11-6-4-3-5-10(11)13(19)20/h3-8H,9H2,1-2H3,(H,16,21)(H,19,20). The van der Waals surface area contributed by atoms with Gasteiger partial charge in [-0.15, -0.1) is 0 Å². The number of aromatic carboxylic acids is 1. The van der Waals surface area contributed by atoms with E-state index in [1.807, 2.05) is 11.6 Å². The number of aryl methyl sites for hydroxylation is 1. The van der Waals surface area contributed by atoms with E-state index in [1.54, 1.807) is 37.6 Å². The second-order valence-corrected chi connectivity index (χ2v) is 4.59. The van der Waals surface area contributed by atoms with Crippen molar-refractivity contribution < 1.29 is 14.7 Å². The Labute approximate surface area is 121 Å². The molecular weight excluding hydrogens is 272 g/mol. The number of carbonyl (C=O) groups is 2. The summed E-state index contributed by atoms with van der Waals surface area (Å²) in [6.45, 7) is 0.324. The molecule has 7 heteroatoms. The third-order valence-electron chi connectivity index (χ3n) is 3.05. The Kier molecular flexibility index (Phi) is 4.22. The molecule has 0 aliphatic heterocycles. The number of amides is 2. The van der Waals surface area contributed by atoms with Crippen LogP contribution in [0.2, 0.25) is 0 Å². The molecule has 0 aliphatic rings. The third kappa shape index (κ3) is 3.38. The quantitative estimate of drug-likeness (QED) is 0.897. The van der Waals surface area contributed by atoms with Crippen molar-refractivity contribution in [2.24, 2.45) is 7.05 Å². The smallest absolute Gasteiger partial charge is 0.337 e. The summed E-state index contributed by atoms with van der Waals surface area (Å²) in [5, 5.41) is 11.7. The fraction of sp³-hybridized carbons (Fsp3) is 0.214. The molecule has 0 saturated heterocycles. The lowest BCUT2D eigenvalue weighted by Gasteiger charge is -2.18. The molecule has 1 heterocycles. The largest absolute Gasteiger partial charge is 0.478 e. The number of rotatable bonds is 4. The van der Waals surface area contributed by atoms with Gasteiger partial charge in [-0.25, -0.2) is 14.6 Å². The Bertz CT molecular complexity index is 666. The van der Waals surface area contributed by atoms with Crippen LogP contribution in [0.4, 0.5) is 10.5 Å². The SMILES string of the molecule is CN(Cc1nccn1C)C(=O)Nc1ccccc1C(=O)O. The van der Waals surface area contributed by atoms with Gasteiger partial charge < -0.3 is 19.9 Å². The van der Waals surface area contributed by atoms with Gasteiger partial charge in [0.15, 0.2) is 0 Å². The van der Waals surface area contributed by atoms with Crippen LogP contribution in [0.5, 0.6) is 0 Å². The summed E-state index contributed by atoms with van der Waals surface area (Å²) in [7, 11) is 3.46. The number of nitrogens with one attached hydrogen (secondary N) is 1. The summed E-state index contributed by atoms with van der Waals surface area (Å²) < 4.78 is 1.81. The molecule has 0 fully saturated rings. The molecule has 7 nitrogen and oxygen atoms in total. The van der Waals surface area contributed by atoms with Crippen molar-refractivity contribution in [1.82, 2.24) is 14.5 Å². The van der Waals surface area contributed by atoms with Crippen molar-refractivity contribution in [3.8, 4) is 0 Å². The van der Waals surface area contributed by atoms with Gasteiger partial charge in [-0.2, -0.15) is 0 Å². The topological polar surface area (TPSA) is 87.5 Å². The number of anilines is 1. The average Bonchev–Trinajstić information content (AvgIpc) is 2.84. The Morgan fingerprint density at radius 2 is 2.10 bits per heavy atom. The summed E-state index contributed by atoms with van der Waals surface area (Å²) in [5.74, 6) is -0.350. The molecule has 0 saturated carbocycles. The number of benzene rings is 1. The monoisotopic (exact) mass is 288 g/mol. The number of nitrogens with zero attached hydrogens (tertiary/aromatic N) is 3. The van der Waals surface area contributed by atoms with Crippen LogP contribution in [0.3, 0.4) is 0 Å². The minimum absolute atomic E-state index is 0.0521. The van der Waals surface area contributed by atoms with E-state index in [0.29, 0.717) is 6.54 Å². The fourth-order valence-electron chi connectivity index (χ4n) is 1.82. The second kappa shape index (κ2) is 6.08. The zero-order valence-corrected chi connectivity index (χ0v) is 11.8. The number of carboxylic acid groups (broad SMARTS) is 1. The minimum Gasteiger partial charge on any atom is -0.478 e. The van der Waals surface area contributed by atoms with E-state index < -0.39 is 12.0 Å². The van der Waals surface area contributed by atoms with Crippen LogP contribution in [0.25, 0.3) is 0 Å². The molecule has 21 heavy (non-hydrogen) atoms. The summed E-state index contributed by atoms with van der Waals surface area (Å²) in [6, 6.07) is 5.87. The fourth-order valence-corrected chi connectivity index (χ4v) is 1.82. The van der Waals surface area contributed by atoms with Crippen molar-refractivity contribution in [2.75, 3.05) is 12.4 Å². The van der Waals surface area contributed by atoms with Gasteiger partial charge in [-0.1, -0.05) is 12.1 Å². The van der Waals surface area contributed by atoms with Gasteiger partial charge in [0.05, 0.1) is 17.8 Å². The van der Waals surface area contributed by atoms with Crippen LogP contribution >= 0.6 is 0 Å². The first kappa shape index (κ1) is 14.6. The number of urea groups is 1. The molecule has 0 spiro atoms. The summed E-state index contributed by atoms with van der Waals surface area (Å²) in [4.78, 5) is 28.8. The van der Waals surface area contributed by atoms with Crippen molar-refractivity contribution in [1.29, 1.82) is 0 Å². The molecule has 0 aliphatic carbocycles. The Morgan fingerprint density at radius 1 is 1.38 bits per heavy atom. The lowest BCUT2D eigenvalue weighted by molar-refractivity contribution is 0.0698. The first-order valence-electron chi connectivity index (χ1n) is 6.29. The predicted octanol–water partition coefficient (Wildman–Crippen LogP) is 1.78. The van der Waals surface area contributed by atoms with Gasteiger partial charge in [0, 0.05) is 26.5 Å². The molecule has 0 bridgehead atoms. The first-order chi connectivity index (χ1) is 9.99. The number of carbonyl (C=O) groups excluding carboxylic acids is 1. The first-order valence-corrected chi connectivity index (χ1v) is 6.29. The Balaban J connectivity index is 2.08. The Morgan fingerprint density at radius 3 is 2.71 bits per heavy atom. The molecule has 2 N–H and O–H groups in total. The maximum atomic E-state index is 12.1. The summed E-state index contributed by atoms with van der Waals surface area (Å²) >= 11 is 0. The molecular formula is C14H16N4O3. The van der Waals surface area contributed by atoms with Gasteiger partial charge in [0.25, 0.3) is 0 Å². The van der Waals surface area contributed by atoms with Crippen LogP contribution in [0, 0.1) is 0 Å². The maximum Gasteiger partial charge on any atom is 0.337 e. The van der Waals surface area contributed by atoms with E-state index in [1.165, 1.54) is 11.0 Å². The molecule has 2 aromatic rings. The molecule has 1 aromatic heterocycles. The van der Waals surface area contributed by atoms with Gasteiger partial charge >= 0.3 is 12.0 Å². The number of imidazole rings is 1. The van der Waals surface area contributed by atoms with Crippen LogP contribution < -0.4 is 5.32 Å². The van der Waals surface area contributed by atoms with Crippen molar-refractivity contribution >= 4 is 17.7 Å². The van der Waals surface area contributed by atoms with Crippen molar-refractivity contribution in [3.63, 3.8) is 0 Å². The molecule has 2 rings (SSSR count). The lowest BCUT2D eigenvalue weighted by Crippen LogP contribution is -2.32. The van der Waals surface area contributed by atoms with Crippen LogP contribution in [-0.2, 0) is 13.6 Å². The van der Waals surface area contributed by atoms with Crippen molar-refractivity contribution in [2.45, 2.75) is 6.54 Å². The lowest BCUT2D eigenvalue weighted by atomic mass is 10.2. The molecule has 0 atom stereocenters. The molecule has 0 radical (unpaired) electrons. The van der Waals surface area contributed by atoms with Crippen LogP contribution in [-0.4, -0.2) is 38.6 Å². The number of hydrogen-bond acceptors (Lipinski definition) is 3. The van der Waals surface area contributed by atoms with Crippen LogP contribution in [0.1, 0.15) is 16.2 Å². The predicted molar refractivity (Wildman–Crippen MR) is 77.1 cm³/mol. The average molecular weight is 288 g/mol. The highest BCUT2D eigenvalue weighted by Gasteiger charge is 2.15. The third-order valence-corrected chi connectivity index (χ3v) is 3.05. The summed E-state index contributed by atoms with van der Waals surface area (Å²) in [6.07, 6.45) is 3.45. The van der Waals surface area contributed by atoms with E-state index in [2.05, 4.69) is 10.3 Å². The van der Waals surface area contributed by atoms with E-state index in [-0.39, 0.29) is 11.3 Å². The highest BCUT2D eigenvalue weighted by Crippen LogP contribution is 2.15. The maximum absolute atomic E-state index is 12.1. The normalized spacial score (nSPS) is 10.2. The molecule has 0 unspecified atom stereocenters. The molecule has 2 amide bonds. The number of carboxylic acids is 1. The van der Waals surface area contributed by atoms with E-state index in [9.17, 15) is 9.59 Å². The van der Waals surface area contributed by atoms with Gasteiger partial charge in [0.2, 0.25) is 0 Å². The van der Waals surface area contributed by atoms with Gasteiger partial charge in [-0.3, -0.25) is 0 Å². The summed E-state index contributed by atoms with van der Waals surface area (Å²) in [5.41, 5.74) is 0.318. The molecule has 1 aromatic carbocycles. The molecule has 110 valence electrons. The highest BCUT2D eigenvalue weighted by atomic mass is 16.4. The minimum atomic E-state index is -1.09. The van der Waals surface area contributed by atoms with E-state index in [0.717, 1.165) is 5.82 Å². The van der Waals surface area contributed by atoms with Crippen LogP contribution in [0.15, 0.2) is 36.7 Å². The highest BCUT2D eigenvalue weighted by molar-refractivity contribution is 5.99. The number of para-hydroxylation sites is 1. The van der Waals surface area contributed by atoms with Crippen molar-refractivity contribution in [3.05, 3.63) is 48.0 Å². The van der Waals surface area contributed by atoms with Gasteiger partial charge in [0.1, 0.15) is 5.82 Å². The zero-order valence-electron chi connectivity index (χ0n) is 11.8. The Hall–Kier alpha value is -2.83. The van der Waals surface area contributed by atoms with Gasteiger partial charge in [-0.05, 0) is 12.1 Å². The number of aromatic nitrogens is 2. The zero-order chi connectivity index (χ0) is 15.4. The number of hydrogen-bond donors (Lipinski definition) is 2. The van der Waals surface area contributed by atoms with E-state index >= 15 is 0 Å².